The van der Waals surface area contributed by atoms with Gasteiger partial charge in [-0.1, -0.05) is 6.92 Å². The third-order valence-electron chi connectivity index (χ3n) is 2.78. The van der Waals surface area contributed by atoms with Crippen LogP contribution in [0, 0.1) is 0 Å². The second-order valence-corrected chi connectivity index (χ2v) is 3.99. The van der Waals surface area contributed by atoms with Gasteiger partial charge < -0.3 is 15.6 Å². The van der Waals surface area contributed by atoms with E-state index in [1.165, 1.54) is 6.07 Å². The molecule has 1 atom stereocenters. The molecule has 0 aliphatic rings. The first-order valence-corrected chi connectivity index (χ1v) is 5.72. The first-order chi connectivity index (χ1) is 8.65. The van der Waals surface area contributed by atoms with Crippen LogP contribution in [0.4, 0.5) is 0 Å². The van der Waals surface area contributed by atoms with Gasteiger partial charge in [-0.25, -0.2) is 4.79 Å². The van der Waals surface area contributed by atoms with E-state index in [2.05, 4.69) is 10.2 Å². The van der Waals surface area contributed by atoms with Crippen LogP contribution in [0.2, 0.25) is 0 Å². The van der Waals surface area contributed by atoms with Crippen molar-refractivity contribution in [2.75, 3.05) is 6.54 Å². The van der Waals surface area contributed by atoms with Crippen LogP contribution >= 0.6 is 24.8 Å². The Morgan fingerprint density at radius 2 is 2.20 bits per heavy atom. The maximum atomic E-state index is 11.2. The number of aromatic carboxylic acids is 1. The maximum absolute atomic E-state index is 11.2. The van der Waals surface area contributed by atoms with Crippen LogP contribution in [0.1, 0.15) is 23.7 Å². The Bertz CT molecular complexity index is 570. The summed E-state index contributed by atoms with van der Waals surface area (Å²) < 4.78 is 5.64. The second-order valence-electron chi connectivity index (χ2n) is 3.99. The number of hydrogen-bond acceptors (Lipinski definition) is 4. The normalized spacial score (nSPS) is 11.3. The number of aromatic nitrogens is 2. The number of aromatic amines is 1. The molecule has 1 aromatic carbocycles. The Labute approximate surface area is 128 Å². The van der Waals surface area contributed by atoms with Gasteiger partial charge in [0.05, 0.1) is 11.7 Å². The number of nitrogens with zero attached hydrogens (tertiary/aromatic N) is 1. The maximum Gasteiger partial charge on any atom is 0.339 e. The van der Waals surface area contributed by atoms with Gasteiger partial charge in [-0.05, 0) is 18.6 Å². The zero-order chi connectivity index (χ0) is 13.1. The zero-order valence-electron chi connectivity index (χ0n) is 10.8. The molecule has 0 saturated carbocycles. The predicted molar refractivity (Wildman–Crippen MR) is 81.3 cm³/mol. The van der Waals surface area contributed by atoms with Crippen LogP contribution < -0.4 is 10.5 Å². The van der Waals surface area contributed by atoms with Gasteiger partial charge in [0.25, 0.3) is 0 Å². The highest BCUT2D eigenvalue weighted by Crippen LogP contribution is 2.26. The molecule has 1 aromatic heterocycles. The Morgan fingerprint density at radius 3 is 2.75 bits per heavy atom. The van der Waals surface area contributed by atoms with Gasteiger partial charge >= 0.3 is 5.97 Å². The Balaban J connectivity index is 0.00000180. The van der Waals surface area contributed by atoms with Gasteiger partial charge in [0, 0.05) is 11.9 Å². The van der Waals surface area contributed by atoms with E-state index in [1.807, 2.05) is 6.92 Å². The van der Waals surface area contributed by atoms with Crippen molar-refractivity contribution in [3.63, 3.8) is 0 Å². The number of hydrogen-bond donors (Lipinski definition) is 3. The smallest absolute Gasteiger partial charge is 0.339 e. The van der Waals surface area contributed by atoms with Crippen molar-refractivity contribution in [1.29, 1.82) is 0 Å². The standard InChI is InChI=1S/C12H15N3O3.2ClH/c1-2-8(5-13)18-11-3-7-6-14-15-10(7)4-9(11)12(16)17;;/h3-4,6,8H,2,5,13H2,1H3,(H,14,15)(H,16,17);2*1H/t8-;;/m1../s1. The Hall–Kier alpha value is -1.50. The molecular formula is C12H17Cl2N3O3. The first-order valence-electron chi connectivity index (χ1n) is 5.72. The summed E-state index contributed by atoms with van der Waals surface area (Å²) >= 11 is 0. The number of halogens is 2. The summed E-state index contributed by atoms with van der Waals surface area (Å²) in [6, 6.07) is 3.18. The van der Waals surface area contributed by atoms with E-state index in [4.69, 9.17) is 10.5 Å². The summed E-state index contributed by atoms with van der Waals surface area (Å²) in [6.07, 6.45) is 2.16. The predicted octanol–water partition coefficient (Wildman–Crippen LogP) is 2.22. The van der Waals surface area contributed by atoms with Crippen LogP contribution in [0.25, 0.3) is 10.9 Å². The molecule has 0 spiro atoms. The molecule has 6 nitrogen and oxygen atoms in total. The number of nitrogens with one attached hydrogen (secondary N) is 1. The number of rotatable bonds is 5. The fourth-order valence-electron chi connectivity index (χ4n) is 1.71. The lowest BCUT2D eigenvalue weighted by Crippen LogP contribution is -2.26. The van der Waals surface area contributed by atoms with E-state index < -0.39 is 5.97 Å². The van der Waals surface area contributed by atoms with Crippen molar-refractivity contribution in [2.45, 2.75) is 19.4 Å². The molecular weight excluding hydrogens is 305 g/mol. The molecule has 0 saturated heterocycles. The molecule has 0 bridgehead atoms. The van der Waals surface area contributed by atoms with Crippen LogP contribution in [-0.4, -0.2) is 33.9 Å². The van der Waals surface area contributed by atoms with E-state index in [9.17, 15) is 9.90 Å². The number of H-pyrrole nitrogens is 1. The van der Waals surface area contributed by atoms with Crippen LogP contribution in [-0.2, 0) is 0 Å². The fourth-order valence-corrected chi connectivity index (χ4v) is 1.71. The number of carbonyl (C=O) groups is 1. The topological polar surface area (TPSA) is 101 Å². The lowest BCUT2D eigenvalue weighted by atomic mass is 10.1. The van der Waals surface area contributed by atoms with Crippen LogP contribution in [0.3, 0.4) is 0 Å². The van der Waals surface area contributed by atoms with Gasteiger partial charge in [0.2, 0.25) is 0 Å². The lowest BCUT2D eigenvalue weighted by molar-refractivity contribution is 0.0689. The molecule has 20 heavy (non-hydrogen) atoms. The van der Waals surface area contributed by atoms with Gasteiger partial charge in [0.15, 0.2) is 0 Å². The van der Waals surface area contributed by atoms with E-state index in [0.29, 0.717) is 17.8 Å². The number of carboxylic acid groups (broad SMARTS) is 1. The van der Waals surface area contributed by atoms with E-state index in [0.717, 1.165) is 11.8 Å². The molecule has 0 unspecified atom stereocenters. The van der Waals surface area contributed by atoms with Crippen LogP contribution in [0.5, 0.6) is 5.75 Å². The van der Waals surface area contributed by atoms with Crippen molar-refractivity contribution in [3.8, 4) is 5.75 Å². The lowest BCUT2D eigenvalue weighted by Gasteiger charge is -2.17. The summed E-state index contributed by atoms with van der Waals surface area (Å²) in [6.45, 7) is 2.29. The van der Waals surface area contributed by atoms with Crippen molar-refractivity contribution in [2.24, 2.45) is 5.73 Å². The Kier molecular flexibility index (Phi) is 7.34. The highest BCUT2D eigenvalue weighted by Gasteiger charge is 2.16. The van der Waals surface area contributed by atoms with Crippen molar-refractivity contribution < 1.29 is 14.6 Å². The average Bonchev–Trinajstić information content (AvgIpc) is 2.81. The number of fused-ring (bicyclic) bond motifs is 1. The average molecular weight is 322 g/mol. The monoisotopic (exact) mass is 321 g/mol. The van der Waals surface area contributed by atoms with Crippen molar-refractivity contribution >= 4 is 41.7 Å². The first kappa shape index (κ1) is 18.5. The van der Waals surface area contributed by atoms with Gasteiger partial charge in [-0.3, -0.25) is 5.10 Å². The minimum atomic E-state index is -1.03. The van der Waals surface area contributed by atoms with E-state index in [1.54, 1.807) is 12.3 Å². The van der Waals surface area contributed by atoms with Crippen molar-refractivity contribution in [3.05, 3.63) is 23.9 Å². The zero-order valence-corrected chi connectivity index (χ0v) is 12.5. The summed E-state index contributed by atoms with van der Waals surface area (Å²) in [4.78, 5) is 11.2. The minimum Gasteiger partial charge on any atom is -0.488 e. The van der Waals surface area contributed by atoms with Gasteiger partial charge in [-0.2, -0.15) is 5.10 Å². The van der Waals surface area contributed by atoms with Crippen molar-refractivity contribution in [1.82, 2.24) is 10.2 Å². The Morgan fingerprint density at radius 1 is 1.50 bits per heavy atom. The summed E-state index contributed by atoms with van der Waals surface area (Å²) in [5.41, 5.74) is 6.34. The third kappa shape index (κ3) is 3.75. The number of carboxylic acids is 1. The fraction of sp³-hybridized carbons (Fsp3) is 0.333. The van der Waals surface area contributed by atoms with Gasteiger partial charge in [0.1, 0.15) is 17.4 Å². The van der Waals surface area contributed by atoms with Gasteiger partial charge in [-0.15, -0.1) is 24.8 Å². The minimum absolute atomic E-state index is 0. The third-order valence-corrected chi connectivity index (χ3v) is 2.78. The number of benzene rings is 1. The van der Waals surface area contributed by atoms with E-state index >= 15 is 0 Å². The highest BCUT2D eigenvalue weighted by atomic mass is 35.5. The summed E-state index contributed by atoms with van der Waals surface area (Å²) in [7, 11) is 0. The molecule has 4 N–H and O–H groups in total. The number of nitrogens with two attached hydrogens (primary N) is 1. The largest absolute Gasteiger partial charge is 0.488 e. The molecule has 2 aromatic rings. The molecule has 112 valence electrons. The molecule has 1 heterocycles. The highest BCUT2D eigenvalue weighted by molar-refractivity contribution is 5.96. The second kappa shape index (κ2) is 7.94. The summed E-state index contributed by atoms with van der Waals surface area (Å²) in [5, 5.41) is 16.6. The summed E-state index contributed by atoms with van der Waals surface area (Å²) in [5.74, 6) is -0.706. The quantitative estimate of drug-likeness (QED) is 0.783. The van der Waals surface area contributed by atoms with E-state index in [-0.39, 0.29) is 36.5 Å². The molecule has 2 rings (SSSR count). The molecule has 8 heteroatoms. The molecule has 0 fully saturated rings. The number of ether oxygens (including phenoxy) is 1. The molecule has 0 amide bonds. The van der Waals surface area contributed by atoms with Crippen LogP contribution in [0.15, 0.2) is 18.3 Å². The molecule has 0 aliphatic heterocycles. The molecule has 0 aliphatic carbocycles. The SMILES string of the molecule is CC[C@H](CN)Oc1cc2cn[nH]c2cc1C(=O)O.Cl.Cl. The molecule has 0 radical (unpaired) electrons.